The Bertz CT molecular complexity index is 898. The average Bonchev–Trinajstić information content (AvgIpc) is 2.97. The van der Waals surface area contributed by atoms with Crippen molar-refractivity contribution in [3.05, 3.63) is 47.1 Å². The van der Waals surface area contributed by atoms with Crippen molar-refractivity contribution in [2.45, 2.75) is 37.8 Å². The normalized spacial score (nSPS) is 21.0. The minimum Gasteiger partial charge on any atom is -0.408 e. The molecule has 2 heterocycles. The van der Waals surface area contributed by atoms with Crippen molar-refractivity contribution in [2.24, 2.45) is 0 Å². The van der Waals surface area contributed by atoms with Gasteiger partial charge in [0.15, 0.2) is 5.58 Å². The van der Waals surface area contributed by atoms with Gasteiger partial charge in [-0.05, 0) is 42.7 Å². The van der Waals surface area contributed by atoms with Gasteiger partial charge in [0.05, 0.1) is 17.7 Å². The first-order valence-electron chi connectivity index (χ1n) is 8.23. The van der Waals surface area contributed by atoms with Gasteiger partial charge in [-0.3, -0.25) is 4.98 Å². The zero-order chi connectivity index (χ0) is 16.5. The van der Waals surface area contributed by atoms with Crippen molar-refractivity contribution in [2.75, 3.05) is 5.32 Å². The lowest BCUT2D eigenvalue weighted by Gasteiger charge is -2.28. The van der Waals surface area contributed by atoms with Crippen LogP contribution in [0, 0.1) is 0 Å². The molecule has 1 saturated carbocycles. The maximum absolute atomic E-state index is 11.2. The van der Waals surface area contributed by atoms with Crippen LogP contribution in [-0.2, 0) is 0 Å². The zero-order valence-electron chi connectivity index (χ0n) is 13.2. The van der Waals surface area contributed by atoms with Gasteiger partial charge >= 0.3 is 5.76 Å². The summed E-state index contributed by atoms with van der Waals surface area (Å²) in [6.45, 7) is 0. The lowest BCUT2D eigenvalue weighted by Crippen LogP contribution is -2.36. The molecule has 3 aromatic rings. The molecule has 0 aliphatic heterocycles. The summed E-state index contributed by atoms with van der Waals surface area (Å²) in [5.41, 5.74) is 3.09. The molecule has 124 valence electrons. The molecular formula is C18H19N3O3. The second kappa shape index (κ2) is 6.13. The number of hydrogen-bond donors (Lipinski definition) is 3. The van der Waals surface area contributed by atoms with Gasteiger partial charge in [0.2, 0.25) is 0 Å². The highest BCUT2D eigenvalue weighted by Crippen LogP contribution is 2.25. The van der Waals surface area contributed by atoms with E-state index in [2.05, 4.69) is 15.3 Å². The Morgan fingerprint density at radius 1 is 1.17 bits per heavy atom. The second-order valence-corrected chi connectivity index (χ2v) is 6.26. The van der Waals surface area contributed by atoms with Crippen LogP contribution in [0.4, 0.5) is 5.82 Å². The van der Waals surface area contributed by atoms with Gasteiger partial charge in [0, 0.05) is 11.8 Å². The molecule has 0 unspecified atom stereocenters. The third-order valence-corrected chi connectivity index (χ3v) is 4.58. The van der Waals surface area contributed by atoms with Crippen molar-refractivity contribution in [3.8, 4) is 11.1 Å². The molecule has 24 heavy (non-hydrogen) atoms. The highest BCUT2D eigenvalue weighted by atomic mass is 16.4. The number of H-pyrrole nitrogens is 1. The topological polar surface area (TPSA) is 91.2 Å². The van der Waals surface area contributed by atoms with Crippen LogP contribution >= 0.6 is 0 Å². The zero-order valence-corrected chi connectivity index (χ0v) is 13.2. The summed E-state index contributed by atoms with van der Waals surface area (Å²) >= 11 is 0. The Balaban J connectivity index is 1.54. The van der Waals surface area contributed by atoms with Gasteiger partial charge in [-0.25, -0.2) is 9.78 Å². The molecule has 1 aliphatic rings. The van der Waals surface area contributed by atoms with Crippen molar-refractivity contribution in [1.29, 1.82) is 0 Å². The van der Waals surface area contributed by atoms with E-state index in [1.807, 2.05) is 30.3 Å². The third-order valence-electron chi connectivity index (χ3n) is 4.58. The number of anilines is 1. The number of hydrogen-bond acceptors (Lipinski definition) is 5. The van der Waals surface area contributed by atoms with Crippen LogP contribution in [0.15, 0.2) is 45.7 Å². The maximum atomic E-state index is 11.2. The average molecular weight is 325 g/mol. The number of nitrogens with one attached hydrogen (secondary N) is 2. The summed E-state index contributed by atoms with van der Waals surface area (Å²) in [4.78, 5) is 18.3. The van der Waals surface area contributed by atoms with Crippen LogP contribution < -0.4 is 11.1 Å². The van der Waals surface area contributed by atoms with Crippen LogP contribution in [0.25, 0.3) is 22.2 Å². The van der Waals surface area contributed by atoms with E-state index in [9.17, 15) is 9.90 Å². The molecule has 0 radical (unpaired) electrons. The van der Waals surface area contributed by atoms with Gasteiger partial charge in [-0.15, -0.1) is 0 Å². The number of benzene rings is 1. The summed E-state index contributed by atoms with van der Waals surface area (Å²) in [5.74, 6) is 0.310. The number of pyridine rings is 1. The van der Waals surface area contributed by atoms with Gasteiger partial charge < -0.3 is 14.8 Å². The number of aliphatic hydroxyl groups excluding tert-OH is 1. The Hall–Kier alpha value is -2.60. The summed E-state index contributed by atoms with van der Waals surface area (Å²) < 4.78 is 5.09. The monoisotopic (exact) mass is 325 g/mol. The van der Waals surface area contributed by atoms with E-state index in [0.29, 0.717) is 11.1 Å². The number of rotatable bonds is 3. The van der Waals surface area contributed by atoms with Gasteiger partial charge in [0.25, 0.3) is 0 Å². The summed E-state index contributed by atoms with van der Waals surface area (Å²) in [6.07, 6.45) is 5.51. The lowest BCUT2D eigenvalue weighted by atomic mass is 9.92. The predicted molar refractivity (Wildman–Crippen MR) is 92.0 cm³/mol. The predicted octanol–water partition coefficient (Wildman–Crippen LogP) is 2.90. The minimum atomic E-state index is -0.453. The first-order chi connectivity index (χ1) is 11.7. The van der Waals surface area contributed by atoms with Crippen molar-refractivity contribution in [3.63, 3.8) is 0 Å². The molecule has 6 nitrogen and oxygen atoms in total. The molecule has 1 aromatic carbocycles. The van der Waals surface area contributed by atoms with E-state index in [0.717, 1.165) is 42.6 Å². The number of nitrogens with zero attached hydrogens (tertiary/aromatic N) is 1. The lowest BCUT2D eigenvalue weighted by molar-refractivity contribution is 0.116. The van der Waals surface area contributed by atoms with Crippen LogP contribution in [0.3, 0.4) is 0 Å². The Morgan fingerprint density at radius 3 is 2.79 bits per heavy atom. The fraction of sp³-hybridized carbons (Fsp3) is 0.333. The van der Waals surface area contributed by atoms with E-state index in [1.54, 1.807) is 6.20 Å². The van der Waals surface area contributed by atoms with E-state index >= 15 is 0 Å². The molecule has 1 aliphatic carbocycles. The first kappa shape index (κ1) is 15.0. The quantitative estimate of drug-likeness (QED) is 0.689. The molecule has 1 fully saturated rings. The molecule has 2 atom stereocenters. The van der Waals surface area contributed by atoms with Gasteiger partial charge in [-0.2, -0.15) is 0 Å². The molecule has 0 bridgehead atoms. The molecule has 3 N–H and O–H groups in total. The van der Waals surface area contributed by atoms with Crippen molar-refractivity contribution in [1.82, 2.24) is 9.97 Å². The highest BCUT2D eigenvalue weighted by molar-refractivity contribution is 5.79. The second-order valence-electron chi connectivity index (χ2n) is 6.26. The summed E-state index contributed by atoms with van der Waals surface area (Å²) in [7, 11) is 0. The third kappa shape index (κ3) is 2.92. The van der Waals surface area contributed by atoms with Crippen LogP contribution in [0.2, 0.25) is 0 Å². The largest absolute Gasteiger partial charge is 0.417 e. The molecule has 2 aromatic heterocycles. The van der Waals surface area contributed by atoms with E-state index in [4.69, 9.17) is 4.42 Å². The van der Waals surface area contributed by atoms with Crippen LogP contribution in [0.5, 0.6) is 0 Å². The first-order valence-corrected chi connectivity index (χ1v) is 8.23. The molecule has 6 heteroatoms. The van der Waals surface area contributed by atoms with E-state index in [-0.39, 0.29) is 12.1 Å². The standard InChI is InChI=1S/C18H19N3O3/c22-15-4-2-1-3-13(15)20-17-8-6-12(10-19-17)11-5-7-14-16(9-11)24-18(23)21-14/h5-10,13,15,22H,1-4H2,(H,19,20)(H,21,23)/t13-,15-/m0/s1. The van der Waals surface area contributed by atoms with Gasteiger partial charge in [0.1, 0.15) is 5.82 Å². The Kier molecular flexibility index (Phi) is 3.82. The molecule has 0 spiro atoms. The number of fused-ring (bicyclic) bond motifs is 1. The summed E-state index contributed by atoms with van der Waals surface area (Å²) in [5, 5.41) is 13.4. The molecular weight excluding hydrogens is 306 g/mol. The Morgan fingerprint density at radius 2 is 2.00 bits per heavy atom. The number of aromatic amines is 1. The summed E-state index contributed by atoms with van der Waals surface area (Å²) in [6, 6.07) is 9.51. The fourth-order valence-corrected chi connectivity index (χ4v) is 3.24. The van der Waals surface area contributed by atoms with E-state index < -0.39 is 5.76 Å². The maximum Gasteiger partial charge on any atom is 0.417 e. The number of aliphatic hydroxyl groups is 1. The highest BCUT2D eigenvalue weighted by Gasteiger charge is 2.22. The molecule has 0 amide bonds. The smallest absolute Gasteiger partial charge is 0.408 e. The van der Waals surface area contributed by atoms with Crippen molar-refractivity contribution < 1.29 is 9.52 Å². The number of aromatic nitrogens is 2. The van der Waals surface area contributed by atoms with Crippen LogP contribution in [0.1, 0.15) is 25.7 Å². The van der Waals surface area contributed by atoms with E-state index in [1.165, 1.54) is 0 Å². The fourth-order valence-electron chi connectivity index (χ4n) is 3.24. The Labute approximate surface area is 138 Å². The SMILES string of the molecule is O=c1[nH]c2ccc(-c3ccc(N[C@H]4CCCC[C@@H]4O)nc3)cc2o1. The van der Waals surface area contributed by atoms with Gasteiger partial charge in [-0.1, -0.05) is 18.9 Å². The molecule has 4 rings (SSSR count). The van der Waals surface area contributed by atoms with Crippen molar-refractivity contribution >= 4 is 16.9 Å². The number of oxazole rings is 1. The minimum absolute atomic E-state index is 0.0718. The van der Waals surface area contributed by atoms with Crippen LogP contribution in [-0.4, -0.2) is 27.2 Å². The molecule has 0 saturated heterocycles.